The molecule has 7 heteroatoms. The Balaban J connectivity index is 2.20. The Labute approximate surface area is 120 Å². The van der Waals surface area contributed by atoms with Gasteiger partial charge in [-0.15, -0.1) is 11.3 Å². The van der Waals surface area contributed by atoms with E-state index in [4.69, 9.17) is 10.5 Å². The number of hydrogen-bond acceptors (Lipinski definition) is 5. The summed E-state index contributed by atoms with van der Waals surface area (Å²) in [6, 6.07) is 13.4. The molecule has 0 aliphatic carbocycles. The fourth-order valence-electron chi connectivity index (χ4n) is 1.51. The average molecular weight is 303 g/mol. The van der Waals surface area contributed by atoms with Crippen LogP contribution in [0.2, 0.25) is 0 Å². The maximum absolute atomic E-state index is 12.1. The second kappa shape index (κ2) is 5.74. The number of sulfonamides is 1. The lowest BCUT2D eigenvalue weighted by molar-refractivity contribution is 0.603. The van der Waals surface area contributed by atoms with Crippen molar-refractivity contribution in [2.45, 2.75) is 10.6 Å². The van der Waals surface area contributed by atoms with Crippen LogP contribution in [0.5, 0.6) is 0 Å². The molecule has 1 N–H and O–H groups in total. The van der Waals surface area contributed by atoms with Crippen molar-refractivity contribution in [3.63, 3.8) is 0 Å². The second-order valence-corrected chi connectivity index (χ2v) is 6.86. The Hall–Kier alpha value is -2.35. The normalized spacial score (nSPS) is 10.5. The molecule has 0 bridgehead atoms. The first-order valence-electron chi connectivity index (χ1n) is 5.54. The molecule has 2 rings (SSSR count). The second-order valence-electron chi connectivity index (χ2n) is 3.87. The minimum atomic E-state index is -3.68. The summed E-state index contributed by atoms with van der Waals surface area (Å²) in [5, 5.41) is 17.3. The monoisotopic (exact) mass is 303 g/mol. The van der Waals surface area contributed by atoms with Crippen molar-refractivity contribution in [3.8, 4) is 12.1 Å². The zero-order chi connectivity index (χ0) is 14.6. The molecule has 0 spiro atoms. The fraction of sp³-hybridized carbons (Fsp3) is 0.0769. The first-order valence-corrected chi connectivity index (χ1v) is 7.84. The van der Waals surface area contributed by atoms with Crippen LogP contribution in [0.25, 0.3) is 0 Å². The molecule has 20 heavy (non-hydrogen) atoms. The third kappa shape index (κ3) is 3.15. The standard InChI is InChI=1S/C13H9N3O2S2/c14-8-7-10-1-3-11(4-2-10)16-20(17,18)13-6-5-12(9-15)19-13/h1-6,16H,7H2. The summed E-state index contributed by atoms with van der Waals surface area (Å²) in [6.45, 7) is 0. The Bertz CT molecular complexity index is 793. The lowest BCUT2D eigenvalue weighted by Crippen LogP contribution is -2.11. The summed E-state index contributed by atoms with van der Waals surface area (Å²) in [6.07, 6.45) is 0.281. The van der Waals surface area contributed by atoms with Gasteiger partial charge in [0.05, 0.1) is 12.5 Å². The van der Waals surface area contributed by atoms with Crippen molar-refractivity contribution < 1.29 is 8.42 Å². The lowest BCUT2D eigenvalue weighted by atomic mass is 10.1. The van der Waals surface area contributed by atoms with E-state index in [0.29, 0.717) is 10.6 Å². The molecule has 0 aliphatic heterocycles. The molecule has 0 saturated heterocycles. The molecule has 0 saturated carbocycles. The predicted molar refractivity (Wildman–Crippen MR) is 75.6 cm³/mol. The Kier molecular flexibility index (Phi) is 4.04. The molecule has 5 nitrogen and oxygen atoms in total. The van der Waals surface area contributed by atoms with Gasteiger partial charge >= 0.3 is 0 Å². The average Bonchev–Trinajstić information content (AvgIpc) is 2.91. The van der Waals surface area contributed by atoms with Gasteiger partial charge < -0.3 is 0 Å². The molecule has 2 aromatic rings. The van der Waals surface area contributed by atoms with Crippen LogP contribution in [0.1, 0.15) is 10.4 Å². The number of benzene rings is 1. The van der Waals surface area contributed by atoms with Crippen LogP contribution in [0.15, 0.2) is 40.6 Å². The Morgan fingerprint density at radius 1 is 1.10 bits per heavy atom. The third-order valence-electron chi connectivity index (χ3n) is 2.45. The summed E-state index contributed by atoms with van der Waals surface area (Å²) in [7, 11) is -3.68. The molecule has 1 heterocycles. The fourth-order valence-corrected chi connectivity index (χ4v) is 3.67. The van der Waals surface area contributed by atoms with Gasteiger partial charge in [0.1, 0.15) is 15.2 Å². The van der Waals surface area contributed by atoms with Crippen LogP contribution in [0, 0.1) is 22.7 Å². The first-order chi connectivity index (χ1) is 9.55. The summed E-state index contributed by atoms with van der Waals surface area (Å²) in [5.41, 5.74) is 1.23. The van der Waals surface area contributed by atoms with E-state index in [-0.39, 0.29) is 10.6 Å². The minimum Gasteiger partial charge on any atom is -0.279 e. The van der Waals surface area contributed by atoms with E-state index in [9.17, 15) is 8.42 Å². The molecule has 0 atom stereocenters. The Morgan fingerprint density at radius 3 is 2.35 bits per heavy atom. The maximum Gasteiger partial charge on any atom is 0.271 e. The smallest absolute Gasteiger partial charge is 0.271 e. The van der Waals surface area contributed by atoms with Gasteiger partial charge in [-0.25, -0.2) is 8.42 Å². The third-order valence-corrected chi connectivity index (χ3v) is 5.31. The van der Waals surface area contributed by atoms with Gasteiger partial charge in [-0.3, -0.25) is 4.72 Å². The van der Waals surface area contributed by atoms with Crippen molar-refractivity contribution in [3.05, 3.63) is 46.8 Å². The highest BCUT2D eigenvalue weighted by atomic mass is 32.2. The molecule has 100 valence electrons. The quantitative estimate of drug-likeness (QED) is 0.938. The van der Waals surface area contributed by atoms with Crippen LogP contribution in [0.3, 0.4) is 0 Å². The molecule has 1 aromatic heterocycles. The summed E-state index contributed by atoms with van der Waals surface area (Å²) in [4.78, 5) is 0.342. The number of thiophene rings is 1. The number of rotatable bonds is 4. The molecule has 0 unspecified atom stereocenters. The van der Waals surface area contributed by atoms with E-state index in [2.05, 4.69) is 4.72 Å². The number of hydrogen-bond donors (Lipinski definition) is 1. The number of anilines is 1. The zero-order valence-corrected chi connectivity index (χ0v) is 11.8. The summed E-state index contributed by atoms with van der Waals surface area (Å²) >= 11 is 0.916. The van der Waals surface area contributed by atoms with Gasteiger partial charge in [-0.1, -0.05) is 12.1 Å². The van der Waals surface area contributed by atoms with Crippen LogP contribution in [-0.4, -0.2) is 8.42 Å². The SMILES string of the molecule is N#CCc1ccc(NS(=O)(=O)c2ccc(C#N)s2)cc1. The number of nitrogens with zero attached hydrogens (tertiary/aromatic N) is 2. The van der Waals surface area contributed by atoms with E-state index in [1.165, 1.54) is 12.1 Å². The summed E-state index contributed by atoms with van der Waals surface area (Å²) < 4.78 is 26.7. The van der Waals surface area contributed by atoms with Crippen molar-refractivity contribution in [1.29, 1.82) is 10.5 Å². The van der Waals surface area contributed by atoms with Crippen molar-refractivity contribution in [1.82, 2.24) is 0 Å². The molecule has 0 fully saturated rings. The van der Waals surface area contributed by atoms with Gasteiger partial charge in [0.15, 0.2) is 0 Å². The van der Waals surface area contributed by atoms with Gasteiger partial charge in [-0.2, -0.15) is 10.5 Å². The molecule has 0 amide bonds. The van der Waals surface area contributed by atoms with Crippen LogP contribution >= 0.6 is 11.3 Å². The van der Waals surface area contributed by atoms with Crippen LogP contribution in [-0.2, 0) is 16.4 Å². The van der Waals surface area contributed by atoms with Crippen molar-refractivity contribution >= 4 is 27.0 Å². The molecular weight excluding hydrogens is 294 g/mol. The topological polar surface area (TPSA) is 93.8 Å². The Morgan fingerprint density at radius 2 is 1.80 bits per heavy atom. The van der Waals surface area contributed by atoms with Crippen LogP contribution in [0.4, 0.5) is 5.69 Å². The molecule has 1 aromatic carbocycles. The van der Waals surface area contributed by atoms with Gasteiger partial charge in [0.25, 0.3) is 10.0 Å². The zero-order valence-electron chi connectivity index (χ0n) is 10.2. The van der Waals surface area contributed by atoms with E-state index in [1.807, 2.05) is 12.1 Å². The van der Waals surface area contributed by atoms with E-state index in [1.54, 1.807) is 24.3 Å². The lowest BCUT2D eigenvalue weighted by Gasteiger charge is -2.06. The number of nitriles is 2. The molecule has 0 radical (unpaired) electrons. The van der Waals surface area contributed by atoms with Crippen molar-refractivity contribution in [2.24, 2.45) is 0 Å². The highest BCUT2D eigenvalue weighted by molar-refractivity contribution is 7.94. The summed E-state index contributed by atoms with van der Waals surface area (Å²) in [5.74, 6) is 0. The van der Waals surface area contributed by atoms with Gasteiger partial charge in [0, 0.05) is 5.69 Å². The predicted octanol–water partition coefficient (Wildman–Crippen LogP) is 2.49. The van der Waals surface area contributed by atoms with Crippen LogP contribution < -0.4 is 4.72 Å². The highest BCUT2D eigenvalue weighted by Gasteiger charge is 2.16. The van der Waals surface area contributed by atoms with E-state index in [0.717, 1.165) is 16.9 Å². The van der Waals surface area contributed by atoms with E-state index >= 15 is 0 Å². The highest BCUT2D eigenvalue weighted by Crippen LogP contribution is 2.23. The van der Waals surface area contributed by atoms with Crippen molar-refractivity contribution in [2.75, 3.05) is 4.72 Å². The maximum atomic E-state index is 12.1. The minimum absolute atomic E-state index is 0.0927. The molecule has 0 aliphatic rings. The number of nitrogens with one attached hydrogen (secondary N) is 1. The molecular formula is C13H9N3O2S2. The first kappa shape index (κ1) is 14.1. The van der Waals surface area contributed by atoms with Gasteiger partial charge in [0.2, 0.25) is 0 Å². The largest absolute Gasteiger partial charge is 0.279 e. The van der Waals surface area contributed by atoms with E-state index < -0.39 is 10.0 Å². The van der Waals surface area contributed by atoms with Gasteiger partial charge in [-0.05, 0) is 29.8 Å².